The number of nitrogens with zero attached hydrogens (tertiary/aromatic N) is 3. The van der Waals surface area contributed by atoms with Gasteiger partial charge in [-0.05, 0) is 50.9 Å². The number of hydrogen-bond acceptors (Lipinski definition) is 3. The molecule has 5 nitrogen and oxygen atoms in total. The Kier molecular flexibility index (Phi) is 4.71. The Balaban J connectivity index is 1.58. The van der Waals surface area contributed by atoms with Crippen molar-refractivity contribution in [3.63, 3.8) is 0 Å². The summed E-state index contributed by atoms with van der Waals surface area (Å²) in [6.07, 6.45) is 0.775. The SMILES string of the molecule is Cc1nn(CCNC(=O)[C@@H]2Cc3ccccc3CN2C)c(C)c1C. The molecular formula is C19H26N4O. The zero-order valence-corrected chi connectivity index (χ0v) is 15.0. The summed E-state index contributed by atoms with van der Waals surface area (Å²) < 4.78 is 1.98. The normalized spacial score (nSPS) is 17.6. The summed E-state index contributed by atoms with van der Waals surface area (Å²) >= 11 is 0. The molecule has 1 atom stereocenters. The summed E-state index contributed by atoms with van der Waals surface area (Å²) in [6.45, 7) is 8.31. The number of rotatable bonds is 4. The molecule has 1 N–H and O–H groups in total. The molecule has 3 rings (SSSR count). The maximum atomic E-state index is 12.6. The lowest BCUT2D eigenvalue weighted by atomic mass is 9.94. The van der Waals surface area contributed by atoms with Crippen LogP contribution in [0.15, 0.2) is 24.3 Å². The molecule has 1 amide bonds. The Bertz CT molecular complexity index is 750. The van der Waals surface area contributed by atoms with E-state index in [-0.39, 0.29) is 11.9 Å². The molecule has 0 saturated heterocycles. The predicted molar refractivity (Wildman–Crippen MR) is 94.8 cm³/mol. The number of likely N-dealkylation sites (N-methyl/N-ethyl adjacent to an activating group) is 1. The van der Waals surface area contributed by atoms with Crippen LogP contribution >= 0.6 is 0 Å². The average Bonchev–Trinajstić information content (AvgIpc) is 2.81. The monoisotopic (exact) mass is 326 g/mol. The summed E-state index contributed by atoms with van der Waals surface area (Å²) in [6, 6.07) is 8.28. The molecule has 128 valence electrons. The molecular weight excluding hydrogens is 300 g/mol. The molecule has 1 aliphatic heterocycles. The summed E-state index contributed by atoms with van der Waals surface area (Å²) in [7, 11) is 2.02. The molecule has 0 fully saturated rings. The summed E-state index contributed by atoms with van der Waals surface area (Å²) in [5.41, 5.74) is 6.06. The van der Waals surface area contributed by atoms with Crippen molar-refractivity contribution >= 4 is 5.91 Å². The van der Waals surface area contributed by atoms with Gasteiger partial charge < -0.3 is 5.32 Å². The highest BCUT2D eigenvalue weighted by Gasteiger charge is 2.28. The first-order valence-corrected chi connectivity index (χ1v) is 8.52. The molecule has 0 bridgehead atoms. The molecule has 1 aliphatic rings. The van der Waals surface area contributed by atoms with E-state index in [0.29, 0.717) is 13.1 Å². The molecule has 0 saturated carbocycles. The Morgan fingerprint density at radius 2 is 1.96 bits per heavy atom. The van der Waals surface area contributed by atoms with E-state index in [1.807, 2.05) is 24.7 Å². The highest BCUT2D eigenvalue weighted by molar-refractivity contribution is 5.82. The highest BCUT2D eigenvalue weighted by atomic mass is 16.2. The minimum Gasteiger partial charge on any atom is -0.353 e. The minimum atomic E-state index is -0.0953. The summed E-state index contributed by atoms with van der Waals surface area (Å²) in [5.74, 6) is 0.102. The number of aromatic nitrogens is 2. The van der Waals surface area contributed by atoms with Gasteiger partial charge in [-0.1, -0.05) is 24.3 Å². The van der Waals surface area contributed by atoms with Crippen molar-refractivity contribution in [1.82, 2.24) is 20.0 Å². The quantitative estimate of drug-likeness (QED) is 0.935. The van der Waals surface area contributed by atoms with Gasteiger partial charge in [-0.3, -0.25) is 14.4 Å². The third-order valence-corrected chi connectivity index (χ3v) is 5.15. The Morgan fingerprint density at radius 3 is 2.62 bits per heavy atom. The predicted octanol–water partition coefficient (Wildman–Crippen LogP) is 1.98. The smallest absolute Gasteiger partial charge is 0.237 e. The molecule has 1 aromatic carbocycles. The molecule has 2 aromatic rings. The largest absolute Gasteiger partial charge is 0.353 e. The lowest BCUT2D eigenvalue weighted by molar-refractivity contribution is -0.126. The van der Waals surface area contributed by atoms with Gasteiger partial charge in [0, 0.05) is 18.8 Å². The molecule has 0 radical (unpaired) electrons. The molecule has 24 heavy (non-hydrogen) atoms. The third-order valence-electron chi connectivity index (χ3n) is 5.15. The van der Waals surface area contributed by atoms with Crippen LogP contribution in [0.25, 0.3) is 0 Å². The summed E-state index contributed by atoms with van der Waals surface area (Å²) in [5, 5.41) is 7.60. The van der Waals surface area contributed by atoms with Gasteiger partial charge >= 0.3 is 0 Å². The fourth-order valence-electron chi connectivity index (χ4n) is 3.35. The number of nitrogens with one attached hydrogen (secondary N) is 1. The van der Waals surface area contributed by atoms with Crippen LogP contribution < -0.4 is 5.32 Å². The van der Waals surface area contributed by atoms with Gasteiger partial charge in [0.2, 0.25) is 5.91 Å². The standard InChI is InChI=1S/C19H26N4O/c1-13-14(2)21-23(15(13)3)10-9-20-19(24)18-11-16-7-5-6-8-17(16)12-22(18)4/h5-8,18H,9-12H2,1-4H3,(H,20,24)/t18-/m0/s1. The van der Waals surface area contributed by atoms with E-state index in [2.05, 4.69) is 47.4 Å². The number of carbonyl (C=O) groups is 1. The van der Waals surface area contributed by atoms with Crippen molar-refractivity contribution in [3.8, 4) is 0 Å². The number of amides is 1. The maximum absolute atomic E-state index is 12.6. The van der Waals surface area contributed by atoms with Gasteiger partial charge in [-0.25, -0.2) is 0 Å². The van der Waals surface area contributed by atoms with Crippen LogP contribution in [0, 0.1) is 20.8 Å². The van der Waals surface area contributed by atoms with E-state index in [9.17, 15) is 4.79 Å². The fraction of sp³-hybridized carbons (Fsp3) is 0.474. The lowest BCUT2D eigenvalue weighted by Gasteiger charge is -2.33. The van der Waals surface area contributed by atoms with E-state index < -0.39 is 0 Å². The van der Waals surface area contributed by atoms with Crippen molar-refractivity contribution in [3.05, 3.63) is 52.3 Å². The Labute approximate surface area is 143 Å². The van der Waals surface area contributed by atoms with Crippen molar-refractivity contribution < 1.29 is 4.79 Å². The molecule has 0 spiro atoms. The number of benzene rings is 1. The van der Waals surface area contributed by atoms with Crippen molar-refractivity contribution in [2.75, 3.05) is 13.6 Å². The summed E-state index contributed by atoms with van der Waals surface area (Å²) in [4.78, 5) is 14.7. The van der Waals surface area contributed by atoms with Crippen molar-refractivity contribution in [1.29, 1.82) is 0 Å². The van der Waals surface area contributed by atoms with Crippen LogP contribution in [0.2, 0.25) is 0 Å². The van der Waals surface area contributed by atoms with Crippen LogP contribution in [0.3, 0.4) is 0 Å². The van der Waals surface area contributed by atoms with Gasteiger partial charge in [-0.15, -0.1) is 0 Å². The molecule has 0 aliphatic carbocycles. The van der Waals surface area contributed by atoms with E-state index in [0.717, 1.165) is 18.7 Å². The Morgan fingerprint density at radius 1 is 1.25 bits per heavy atom. The van der Waals surface area contributed by atoms with E-state index in [1.54, 1.807) is 0 Å². The second kappa shape index (κ2) is 6.77. The molecule has 0 unspecified atom stereocenters. The first-order valence-electron chi connectivity index (χ1n) is 8.52. The van der Waals surface area contributed by atoms with Crippen LogP contribution in [-0.4, -0.2) is 40.2 Å². The number of hydrogen-bond donors (Lipinski definition) is 1. The lowest BCUT2D eigenvalue weighted by Crippen LogP contribution is -2.49. The van der Waals surface area contributed by atoms with Crippen LogP contribution in [0.5, 0.6) is 0 Å². The fourth-order valence-corrected chi connectivity index (χ4v) is 3.35. The first-order chi connectivity index (χ1) is 11.5. The third kappa shape index (κ3) is 3.22. The van der Waals surface area contributed by atoms with E-state index in [4.69, 9.17) is 0 Å². The number of fused-ring (bicyclic) bond motifs is 1. The second-order valence-corrected chi connectivity index (χ2v) is 6.71. The van der Waals surface area contributed by atoms with Crippen LogP contribution in [0.4, 0.5) is 0 Å². The minimum absolute atomic E-state index is 0.0953. The van der Waals surface area contributed by atoms with Crippen LogP contribution in [-0.2, 0) is 24.3 Å². The van der Waals surface area contributed by atoms with Gasteiger partial charge in [0.05, 0.1) is 18.3 Å². The first kappa shape index (κ1) is 16.7. The van der Waals surface area contributed by atoms with Gasteiger partial charge in [0.15, 0.2) is 0 Å². The second-order valence-electron chi connectivity index (χ2n) is 6.71. The topological polar surface area (TPSA) is 50.2 Å². The number of aryl methyl sites for hydroxylation is 1. The molecule has 5 heteroatoms. The maximum Gasteiger partial charge on any atom is 0.237 e. The van der Waals surface area contributed by atoms with Crippen LogP contribution in [0.1, 0.15) is 28.1 Å². The average molecular weight is 326 g/mol. The molecule has 2 heterocycles. The zero-order valence-electron chi connectivity index (χ0n) is 15.0. The van der Waals surface area contributed by atoms with Gasteiger partial charge in [0.25, 0.3) is 0 Å². The Hall–Kier alpha value is -2.14. The molecule has 1 aromatic heterocycles. The van der Waals surface area contributed by atoms with Gasteiger partial charge in [-0.2, -0.15) is 5.10 Å². The van der Waals surface area contributed by atoms with E-state index in [1.165, 1.54) is 22.4 Å². The van der Waals surface area contributed by atoms with E-state index >= 15 is 0 Å². The van der Waals surface area contributed by atoms with Crippen molar-refractivity contribution in [2.45, 2.75) is 46.3 Å². The van der Waals surface area contributed by atoms with Gasteiger partial charge in [0.1, 0.15) is 0 Å². The zero-order chi connectivity index (χ0) is 17.3. The highest BCUT2D eigenvalue weighted by Crippen LogP contribution is 2.21. The number of carbonyl (C=O) groups excluding carboxylic acids is 1. The van der Waals surface area contributed by atoms with Crippen molar-refractivity contribution in [2.24, 2.45) is 0 Å².